The molecule has 0 aromatic heterocycles. The van der Waals surface area contributed by atoms with E-state index in [1.165, 1.54) is 6.07 Å². The van der Waals surface area contributed by atoms with Crippen molar-refractivity contribution >= 4 is 5.91 Å². The minimum atomic E-state index is -0.495. The van der Waals surface area contributed by atoms with E-state index in [9.17, 15) is 9.18 Å². The van der Waals surface area contributed by atoms with Crippen LogP contribution in [0.3, 0.4) is 0 Å². The lowest BCUT2D eigenvalue weighted by Gasteiger charge is -2.14. The van der Waals surface area contributed by atoms with Gasteiger partial charge < -0.3 is 10.4 Å². The second kappa shape index (κ2) is 5.06. The molecule has 1 aliphatic rings. The molecule has 0 spiro atoms. The van der Waals surface area contributed by atoms with Crippen molar-refractivity contribution in [1.82, 2.24) is 5.32 Å². The van der Waals surface area contributed by atoms with Gasteiger partial charge in [-0.3, -0.25) is 4.79 Å². The first kappa shape index (κ1) is 13.0. The van der Waals surface area contributed by atoms with Crippen LogP contribution in [0.1, 0.15) is 35.2 Å². The number of hydrogen-bond acceptors (Lipinski definition) is 2. The van der Waals surface area contributed by atoms with Gasteiger partial charge in [0.1, 0.15) is 5.82 Å². The average Bonchev–Trinajstić information content (AvgIpc) is 3.10. The highest BCUT2D eigenvalue weighted by Crippen LogP contribution is 2.47. The number of nitrogens with one attached hydrogen (secondary N) is 1. The number of aryl methyl sites for hydroxylation is 1. The number of halogens is 1. The van der Waals surface area contributed by atoms with Gasteiger partial charge in [0.25, 0.3) is 5.91 Å². The van der Waals surface area contributed by atoms with E-state index < -0.39 is 5.82 Å². The summed E-state index contributed by atoms with van der Waals surface area (Å²) in [5, 5.41) is 11.7. The monoisotopic (exact) mass is 251 g/mol. The molecular formula is C14H18FNO2. The minimum absolute atomic E-state index is 0.0463. The Bertz CT molecular complexity index is 455. The number of carbonyl (C=O) groups is 1. The van der Waals surface area contributed by atoms with Crippen molar-refractivity contribution in [2.75, 3.05) is 13.2 Å². The van der Waals surface area contributed by atoms with Crippen molar-refractivity contribution in [3.05, 3.63) is 35.1 Å². The summed E-state index contributed by atoms with van der Waals surface area (Å²) in [7, 11) is 0. The summed E-state index contributed by atoms with van der Waals surface area (Å²) in [6.07, 6.45) is 2.73. The van der Waals surface area contributed by atoms with Crippen LogP contribution in [0, 0.1) is 18.2 Å². The number of carbonyl (C=O) groups excluding carboxylic acids is 1. The molecule has 98 valence electrons. The molecule has 0 unspecified atom stereocenters. The normalized spacial score (nSPS) is 16.4. The Morgan fingerprint density at radius 2 is 2.22 bits per heavy atom. The summed E-state index contributed by atoms with van der Waals surface area (Å²) < 4.78 is 13.5. The van der Waals surface area contributed by atoms with E-state index in [1.54, 1.807) is 12.1 Å². The third-order valence-electron chi connectivity index (χ3n) is 3.59. The highest BCUT2D eigenvalue weighted by Gasteiger charge is 2.41. The molecule has 1 aromatic rings. The summed E-state index contributed by atoms with van der Waals surface area (Å²) in [4.78, 5) is 11.9. The minimum Gasteiger partial charge on any atom is -0.396 e. The fourth-order valence-corrected chi connectivity index (χ4v) is 2.11. The summed E-state index contributed by atoms with van der Waals surface area (Å²) in [6, 6.07) is 4.50. The molecule has 1 aromatic carbocycles. The molecule has 1 fully saturated rings. The van der Waals surface area contributed by atoms with Gasteiger partial charge in [-0.15, -0.1) is 0 Å². The van der Waals surface area contributed by atoms with E-state index in [4.69, 9.17) is 5.11 Å². The first-order chi connectivity index (χ1) is 8.56. The molecule has 0 atom stereocenters. The Morgan fingerprint density at radius 3 is 2.83 bits per heavy atom. The predicted octanol–water partition coefficient (Wildman–Crippen LogP) is 2.03. The van der Waals surface area contributed by atoms with Crippen LogP contribution < -0.4 is 5.32 Å². The number of rotatable bonds is 5. The van der Waals surface area contributed by atoms with E-state index >= 15 is 0 Å². The lowest BCUT2D eigenvalue weighted by molar-refractivity contribution is 0.0936. The van der Waals surface area contributed by atoms with Gasteiger partial charge >= 0.3 is 0 Å². The van der Waals surface area contributed by atoms with Gasteiger partial charge in [-0.05, 0) is 43.7 Å². The number of amides is 1. The first-order valence-electron chi connectivity index (χ1n) is 6.22. The van der Waals surface area contributed by atoms with Gasteiger partial charge in [0.05, 0.1) is 5.56 Å². The molecule has 0 radical (unpaired) electrons. The van der Waals surface area contributed by atoms with Crippen LogP contribution in [0.5, 0.6) is 0 Å². The van der Waals surface area contributed by atoms with Crippen molar-refractivity contribution in [3.63, 3.8) is 0 Å². The zero-order valence-corrected chi connectivity index (χ0v) is 10.5. The predicted molar refractivity (Wildman–Crippen MR) is 66.8 cm³/mol. The third-order valence-corrected chi connectivity index (χ3v) is 3.59. The highest BCUT2D eigenvalue weighted by atomic mass is 19.1. The summed E-state index contributed by atoms with van der Waals surface area (Å²) in [5.41, 5.74) is 0.998. The average molecular weight is 251 g/mol. The number of benzene rings is 1. The van der Waals surface area contributed by atoms with Crippen molar-refractivity contribution in [2.24, 2.45) is 5.41 Å². The second-order valence-electron chi connectivity index (χ2n) is 5.14. The number of hydrogen-bond donors (Lipinski definition) is 2. The zero-order valence-electron chi connectivity index (χ0n) is 10.5. The molecule has 0 saturated heterocycles. The third kappa shape index (κ3) is 2.88. The van der Waals surface area contributed by atoms with E-state index in [2.05, 4.69) is 5.32 Å². The molecule has 0 aliphatic heterocycles. The van der Waals surface area contributed by atoms with Gasteiger partial charge in [-0.1, -0.05) is 11.6 Å². The van der Waals surface area contributed by atoms with Crippen molar-refractivity contribution in [2.45, 2.75) is 26.2 Å². The van der Waals surface area contributed by atoms with Gasteiger partial charge in [-0.25, -0.2) is 4.39 Å². The molecule has 1 amide bonds. The molecule has 3 nitrogen and oxygen atoms in total. The quantitative estimate of drug-likeness (QED) is 0.841. The summed E-state index contributed by atoms with van der Waals surface area (Å²) in [5.74, 6) is -0.870. The van der Waals surface area contributed by atoms with E-state index in [1.807, 2.05) is 6.92 Å². The maximum atomic E-state index is 13.5. The Hall–Kier alpha value is -1.42. The lowest BCUT2D eigenvalue weighted by atomic mass is 10.0. The van der Waals surface area contributed by atoms with Gasteiger partial charge in [0.2, 0.25) is 0 Å². The Balaban J connectivity index is 1.98. The molecule has 1 aliphatic carbocycles. The lowest BCUT2D eigenvalue weighted by Crippen LogP contribution is -2.31. The topological polar surface area (TPSA) is 49.3 Å². The zero-order chi connectivity index (χ0) is 13.2. The van der Waals surface area contributed by atoms with Crippen LogP contribution in [0.25, 0.3) is 0 Å². The molecule has 4 heteroatoms. The van der Waals surface area contributed by atoms with Crippen LogP contribution in [0.4, 0.5) is 4.39 Å². The number of aliphatic hydroxyl groups excluding tert-OH is 1. The van der Waals surface area contributed by atoms with E-state index in [0.29, 0.717) is 13.0 Å². The molecular weight excluding hydrogens is 233 g/mol. The van der Waals surface area contributed by atoms with Gasteiger partial charge in [0.15, 0.2) is 0 Å². The van der Waals surface area contributed by atoms with Crippen LogP contribution >= 0.6 is 0 Å². The van der Waals surface area contributed by atoms with E-state index in [-0.39, 0.29) is 23.5 Å². The molecule has 0 bridgehead atoms. The standard InChI is InChI=1S/C14H18FNO2/c1-10-2-3-12(15)11(8-10)13(18)16-9-14(4-5-14)6-7-17/h2-3,8,17H,4-7,9H2,1H3,(H,16,18). The summed E-state index contributed by atoms with van der Waals surface area (Å²) in [6.45, 7) is 2.47. The SMILES string of the molecule is Cc1ccc(F)c(C(=O)NCC2(CCO)CC2)c1. The van der Waals surface area contributed by atoms with Crippen molar-refractivity contribution in [3.8, 4) is 0 Å². The summed E-state index contributed by atoms with van der Waals surface area (Å²) >= 11 is 0. The van der Waals surface area contributed by atoms with Crippen LogP contribution in [0.15, 0.2) is 18.2 Å². The number of aliphatic hydroxyl groups is 1. The molecule has 0 heterocycles. The van der Waals surface area contributed by atoms with Crippen molar-refractivity contribution < 1.29 is 14.3 Å². The van der Waals surface area contributed by atoms with Crippen LogP contribution in [0.2, 0.25) is 0 Å². The van der Waals surface area contributed by atoms with Crippen LogP contribution in [-0.4, -0.2) is 24.2 Å². The van der Waals surface area contributed by atoms with Gasteiger partial charge in [0, 0.05) is 13.2 Å². The Labute approximate surface area is 106 Å². The Kier molecular flexibility index (Phi) is 3.66. The first-order valence-corrected chi connectivity index (χ1v) is 6.22. The molecule has 2 N–H and O–H groups in total. The maximum absolute atomic E-state index is 13.5. The molecule has 18 heavy (non-hydrogen) atoms. The fraction of sp³-hybridized carbons (Fsp3) is 0.500. The van der Waals surface area contributed by atoms with Gasteiger partial charge in [-0.2, -0.15) is 0 Å². The molecule has 2 rings (SSSR count). The Morgan fingerprint density at radius 1 is 1.50 bits per heavy atom. The highest BCUT2D eigenvalue weighted by molar-refractivity contribution is 5.94. The molecule has 1 saturated carbocycles. The van der Waals surface area contributed by atoms with E-state index in [0.717, 1.165) is 18.4 Å². The second-order valence-corrected chi connectivity index (χ2v) is 5.14. The van der Waals surface area contributed by atoms with Crippen LogP contribution in [-0.2, 0) is 0 Å². The fourth-order valence-electron chi connectivity index (χ4n) is 2.11. The maximum Gasteiger partial charge on any atom is 0.254 e. The largest absolute Gasteiger partial charge is 0.396 e. The smallest absolute Gasteiger partial charge is 0.254 e. The van der Waals surface area contributed by atoms with Crippen molar-refractivity contribution in [1.29, 1.82) is 0 Å².